The van der Waals surface area contributed by atoms with E-state index in [0.29, 0.717) is 13.2 Å². The first-order valence-corrected chi connectivity index (χ1v) is 6.70. The van der Waals surface area contributed by atoms with Crippen molar-refractivity contribution >= 4 is 12.0 Å². The molecule has 0 aromatic carbocycles. The number of methoxy groups -OCH3 is 1. The van der Waals surface area contributed by atoms with Crippen LogP contribution in [0, 0.1) is 0 Å². The largest absolute Gasteiger partial charge is 0.481 e. The van der Waals surface area contributed by atoms with Gasteiger partial charge in [0.15, 0.2) is 0 Å². The van der Waals surface area contributed by atoms with Crippen molar-refractivity contribution in [2.75, 3.05) is 33.9 Å². The molecule has 0 spiro atoms. The van der Waals surface area contributed by atoms with E-state index >= 15 is 0 Å². The summed E-state index contributed by atoms with van der Waals surface area (Å²) in [5.41, 5.74) is 0. The zero-order valence-corrected chi connectivity index (χ0v) is 12.4. The van der Waals surface area contributed by atoms with Gasteiger partial charge < -0.3 is 19.6 Å². The molecule has 0 heterocycles. The standard InChI is InChI=1S/C13H26N2O4/c1-5-11(6-2)15(9-10-19-4)13(18)14(3)8-7-12(16)17/h11H,5-10H2,1-4H3,(H,16,17). The number of hydrogen-bond donors (Lipinski definition) is 1. The van der Waals surface area contributed by atoms with E-state index in [-0.39, 0.29) is 25.0 Å². The molecule has 19 heavy (non-hydrogen) atoms. The Bertz CT molecular complexity index is 280. The first-order valence-electron chi connectivity index (χ1n) is 6.70. The van der Waals surface area contributed by atoms with Crippen LogP contribution in [0.15, 0.2) is 0 Å². The van der Waals surface area contributed by atoms with Crippen molar-refractivity contribution in [2.45, 2.75) is 39.2 Å². The maximum Gasteiger partial charge on any atom is 0.320 e. The predicted molar refractivity (Wildman–Crippen MR) is 73.2 cm³/mol. The number of nitrogens with zero attached hydrogens (tertiary/aromatic N) is 2. The fourth-order valence-electron chi connectivity index (χ4n) is 1.93. The topological polar surface area (TPSA) is 70.1 Å². The van der Waals surface area contributed by atoms with Gasteiger partial charge in [-0.3, -0.25) is 4.79 Å². The third-order valence-corrected chi connectivity index (χ3v) is 3.15. The molecule has 0 atom stereocenters. The molecule has 1 N–H and O–H groups in total. The molecule has 2 amide bonds. The maximum absolute atomic E-state index is 12.3. The number of ether oxygens (including phenoxy) is 1. The Labute approximate surface area is 115 Å². The van der Waals surface area contributed by atoms with Gasteiger partial charge in [0.05, 0.1) is 13.0 Å². The van der Waals surface area contributed by atoms with Crippen molar-refractivity contribution in [3.63, 3.8) is 0 Å². The van der Waals surface area contributed by atoms with Crippen molar-refractivity contribution in [1.82, 2.24) is 9.80 Å². The summed E-state index contributed by atoms with van der Waals surface area (Å²) in [4.78, 5) is 26.1. The minimum absolute atomic E-state index is 0.0384. The summed E-state index contributed by atoms with van der Waals surface area (Å²) >= 11 is 0. The summed E-state index contributed by atoms with van der Waals surface area (Å²) in [7, 11) is 3.23. The lowest BCUT2D eigenvalue weighted by Crippen LogP contribution is -2.48. The first kappa shape index (κ1) is 17.7. The van der Waals surface area contributed by atoms with Crippen LogP contribution in [0.4, 0.5) is 4.79 Å². The number of carboxylic acids is 1. The second-order valence-electron chi connectivity index (χ2n) is 4.50. The smallest absolute Gasteiger partial charge is 0.320 e. The number of carboxylic acid groups (broad SMARTS) is 1. The molecule has 0 rings (SSSR count). The molecule has 0 aliphatic rings. The van der Waals surface area contributed by atoms with Crippen molar-refractivity contribution < 1.29 is 19.4 Å². The summed E-state index contributed by atoms with van der Waals surface area (Å²) in [5, 5.41) is 8.65. The van der Waals surface area contributed by atoms with E-state index in [1.807, 2.05) is 13.8 Å². The minimum Gasteiger partial charge on any atom is -0.481 e. The van der Waals surface area contributed by atoms with Gasteiger partial charge in [-0.25, -0.2) is 4.79 Å². The van der Waals surface area contributed by atoms with E-state index in [4.69, 9.17) is 9.84 Å². The Morgan fingerprint density at radius 1 is 1.21 bits per heavy atom. The monoisotopic (exact) mass is 274 g/mol. The highest BCUT2D eigenvalue weighted by molar-refractivity contribution is 5.75. The van der Waals surface area contributed by atoms with Crippen LogP contribution in [0.1, 0.15) is 33.1 Å². The van der Waals surface area contributed by atoms with Crippen LogP contribution in [0.25, 0.3) is 0 Å². The molecule has 112 valence electrons. The van der Waals surface area contributed by atoms with Crippen LogP contribution in [0.2, 0.25) is 0 Å². The van der Waals surface area contributed by atoms with E-state index in [2.05, 4.69) is 0 Å². The molecule has 0 aromatic rings. The SMILES string of the molecule is CCC(CC)N(CCOC)C(=O)N(C)CCC(=O)O. The van der Waals surface area contributed by atoms with Crippen LogP contribution in [-0.2, 0) is 9.53 Å². The Hall–Kier alpha value is -1.30. The maximum atomic E-state index is 12.3. The molecule has 0 aliphatic carbocycles. The highest BCUT2D eigenvalue weighted by Crippen LogP contribution is 2.11. The molecule has 0 saturated heterocycles. The van der Waals surface area contributed by atoms with E-state index in [1.165, 1.54) is 4.90 Å². The fourth-order valence-corrected chi connectivity index (χ4v) is 1.93. The molecule has 0 unspecified atom stereocenters. The van der Waals surface area contributed by atoms with Crippen molar-refractivity contribution in [1.29, 1.82) is 0 Å². The highest BCUT2D eigenvalue weighted by Gasteiger charge is 2.23. The summed E-state index contributed by atoms with van der Waals surface area (Å²) < 4.78 is 5.03. The highest BCUT2D eigenvalue weighted by atomic mass is 16.5. The Morgan fingerprint density at radius 3 is 2.21 bits per heavy atom. The third-order valence-electron chi connectivity index (χ3n) is 3.15. The Kier molecular flexibility index (Phi) is 8.95. The Balaban J connectivity index is 4.63. The van der Waals surface area contributed by atoms with E-state index in [1.54, 1.807) is 19.1 Å². The van der Waals surface area contributed by atoms with Crippen LogP contribution in [0.3, 0.4) is 0 Å². The second-order valence-corrected chi connectivity index (χ2v) is 4.50. The van der Waals surface area contributed by atoms with Crippen molar-refractivity contribution in [2.24, 2.45) is 0 Å². The third kappa shape index (κ3) is 6.42. The van der Waals surface area contributed by atoms with Gasteiger partial charge >= 0.3 is 12.0 Å². The molecule has 0 aliphatic heterocycles. The number of rotatable bonds is 9. The van der Waals surface area contributed by atoms with Gasteiger partial charge in [0.25, 0.3) is 0 Å². The van der Waals surface area contributed by atoms with Crippen LogP contribution >= 0.6 is 0 Å². The van der Waals surface area contributed by atoms with Gasteiger partial charge in [-0.05, 0) is 12.8 Å². The fraction of sp³-hybridized carbons (Fsp3) is 0.846. The number of urea groups is 1. The molecule has 0 aromatic heterocycles. The summed E-state index contributed by atoms with van der Waals surface area (Å²) in [5.74, 6) is -0.898. The molecular weight excluding hydrogens is 248 g/mol. The Morgan fingerprint density at radius 2 is 1.79 bits per heavy atom. The van der Waals surface area contributed by atoms with Crippen molar-refractivity contribution in [3.05, 3.63) is 0 Å². The van der Waals surface area contributed by atoms with Gasteiger partial charge in [-0.1, -0.05) is 13.8 Å². The molecule has 0 saturated carbocycles. The molecule has 0 bridgehead atoms. The molecule has 0 radical (unpaired) electrons. The minimum atomic E-state index is -0.898. The number of hydrogen-bond acceptors (Lipinski definition) is 3. The van der Waals surface area contributed by atoms with Gasteiger partial charge in [-0.15, -0.1) is 0 Å². The summed E-state index contributed by atoms with van der Waals surface area (Å²) in [6.45, 7) is 5.31. The van der Waals surface area contributed by atoms with Crippen LogP contribution in [-0.4, -0.2) is 66.8 Å². The molecule has 0 fully saturated rings. The predicted octanol–water partition coefficient (Wildman–Crippen LogP) is 1.65. The lowest BCUT2D eigenvalue weighted by molar-refractivity contribution is -0.137. The van der Waals surface area contributed by atoms with E-state index in [0.717, 1.165) is 12.8 Å². The van der Waals surface area contributed by atoms with Gasteiger partial charge in [0.1, 0.15) is 0 Å². The van der Waals surface area contributed by atoms with Gasteiger partial charge in [-0.2, -0.15) is 0 Å². The first-order chi connectivity index (χ1) is 8.97. The lowest BCUT2D eigenvalue weighted by atomic mass is 10.1. The van der Waals surface area contributed by atoms with E-state index < -0.39 is 5.97 Å². The lowest BCUT2D eigenvalue weighted by Gasteiger charge is -2.33. The number of amides is 2. The number of carbonyl (C=O) groups excluding carboxylic acids is 1. The van der Waals surface area contributed by atoms with Crippen molar-refractivity contribution in [3.8, 4) is 0 Å². The molecule has 6 heteroatoms. The normalized spacial score (nSPS) is 10.6. The summed E-state index contributed by atoms with van der Waals surface area (Å²) in [6, 6.07) is 0.0296. The van der Waals surface area contributed by atoms with E-state index in [9.17, 15) is 9.59 Å². The van der Waals surface area contributed by atoms with Crippen LogP contribution in [0.5, 0.6) is 0 Å². The second kappa shape index (κ2) is 9.61. The molecule has 6 nitrogen and oxygen atoms in total. The zero-order valence-electron chi connectivity index (χ0n) is 12.4. The summed E-state index contributed by atoms with van der Waals surface area (Å²) in [6.07, 6.45) is 1.71. The van der Waals surface area contributed by atoms with Gasteiger partial charge in [0.2, 0.25) is 0 Å². The average molecular weight is 274 g/mol. The molecular formula is C13H26N2O4. The number of carbonyl (C=O) groups is 2. The zero-order chi connectivity index (χ0) is 14.8. The van der Waals surface area contributed by atoms with Gasteiger partial charge in [0, 0.05) is 33.3 Å². The quantitative estimate of drug-likeness (QED) is 0.694. The number of aliphatic carboxylic acids is 1. The average Bonchev–Trinajstić information content (AvgIpc) is 2.40. The van der Waals surface area contributed by atoms with Crippen LogP contribution < -0.4 is 0 Å².